The Hall–Kier alpha value is -3.07. The summed E-state index contributed by atoms with van der Waals surface area (Å²) in [6.45, 7) is 7.78. The number of aliphatic hydroxyl groups excluding tert-OH is 1. The highest BCUT2D eigenvalue weighted by Gasteiger charge is 2.19. The lowest BCUT2D eigenvalue weighted by atomic mass is 10.1. The number of aliphatic hydroxyl groups is 1. The van der Waals surface area contributed by atoms with Crippen molar-refractivity contribution in [1.29, 1.82) is 0 Å². The van der Waals surface area contributed by atoms with E-state index >= 15 is 0 Å². The maximum Gasteiger partial charge on any atom is 0.271 e. The molecule has 0 spiro atoms. The number of phenols is 1. The Morgan fingerprint density at radius 1 is 1.09 bits per heavy atom. The van der Waals surface area contributed by atoms with Gasteiger partial charge in [0.05, 0.1) is 39.1 Å². The van der Waals surface area contributed by atoms with Crippen LogP contribution in [0.1, 0.15) is 43.6 Å². The largest absolute Gasteiger partial charge is 0.507 e. The molecule has 0 fully saturated rings. The van der Waals surface area contributed by atoms with Crippen molar-refractivity contribution < 1.29 is 24.3 Å². The van der Waals surface area contributed by atoms with Crippen molar-refractivity contribution in [2.24, 2.45) is 0 Å². The van der Waals surface area contributed by atoms with Gasteiger partial charge in [0.25, 0.3) is 11.6 Å². The van der Waals surface area contributed by atoms with E-state index in [1.54, 1.807) is 6.07 Å². The van der Waals surface area contributed by atoms with E-state index in [4.69, 9.17) is 32.7 Å². The van der Waals surface area contributed by atoms with Gasteiger partial charge < -0.3 is 19.9 Å². The number of anilines is 1. The van der Waals surface area contributed by atoms with Crippen LogP contribution in [0.4, 0.5) is 11.4 Å². The Kier molecular flexibility index (Phi) is 10.7. The Labute approximate surface area is 195 Å². The number of carbonyl (C=O) groups excluding carboxylic acids is 1. The summed E-state index contributed by atoms with van der Waals surface area (Å²) in [5.74, 6) is -0.760. The number of benzene rings is 2. The molecule has 0 saturated carbocycles. The molecule has 1 aromatic heterocycles. The highest BCUT2D eigenvalue weighted by Crippen LogP contribution is 2.35. The first-order valence-corrected chi connectivity index (χ1v) is 10.5. The minimum atomic E-state index is -0.711. The van der Waals surface area contributed by atoms with Gasteiger partial charge >= 0.3 is 0 Å². The topological polar surface area (TPSA) is 126 Å². The molecule has 8 nitrogen and oxygen atoms in total. The summed E-state index contributed by atoms with van der Waals surface area (Å²) in [6.07, 6.45) is 1.35. The van der Waals surface area contributed by atoms with Crippen molar-refractivity contribution in [3.8, 4) is 17.1 Å². The average molecular weight is 483 g/mol. The van der Waals surface area contributed by atoms with Crippen LogP contribution in [0.5, 0.6) is 5.75 Å². The van der Waals surface area contributed by atoms with E-state index in [0.717, 1.165) is 6.07 Å². The second-order valence-electron chi connectivity index (χ2n) is 5.70. The molecule has 0 aliphatic rings. The zero-order chi connectivity index (χ0) is 24.4. The number of hydrogen-bond acceptors (Lipinski definition) is 6. The van der Waals surface area contributed by atoms with Gasteiger partial charge in [-0.25, -0.2) is 0 Å². The molecule has 0 aliphatic carbocycles. The lowest BCUT2D eigenvalue weighted by molar-refractivity contribution is -0.384. The molecule has 172 valence electrons. The minimum absolute atomic E-state index is 0.0307. The molecule has 0 bridgehead atoms. The number of amides is 1. The zero-order valence-electron chi connectivity index (χ0n) is 18.0. The number of hydrogen-bond donors (Lipinski definition) is 3. The molecule has 0 aliphatic heterocycles. The van der Waals surface area contributed by atoms with E-state index < -0.39 is 10.8 Å². The number of carbonyl (C=O) groups is 1. The van der Waals surface area contributed by atoms with Crippen molar-refractivity contribution in [2.45, 2.75) is 34.3 Å². The number of non-ortho nitro benzene ring substituents is 1. The van der Waals surface area contributed by atoms with E-state index in [-0.39, 0.29) is 39.3 Å². The monoisotopic (exact) mass is 482 g/mol. The molecule has 0 radical (unpaired) electrons. The third-order valence-corrected chi connectivity index (χ3v) is 4.47. The summed E-state index contributed by atoms with van der Waals surface area (Å²) in [5, 5.41) is 32.7. The van der Waals surface area contributed by atoms with Gasteiger partial charge in [0.15, 0.2) is 0 Å². The van der Waals surface area contributed by atoms with Crippen molar-refractivity contribution in [3.63, 3.8) is 0 Å². The van der Waals surface area contributed by atoms with Gasteiger partial charge in [-0.05, 0) is 24.3 Å². The molecular formula is C22H24Cl2N2O6. The van der Waals surface area contributed by atoms with Crippen LogP contribution < -0.4 is 5.32 Å². The van der Waals surface area contributed by atoms with Crippen LogP contribution in [-0.4, -0.2) is 21.0 Å². The van der Waals surface area contributed by atoms with Crippen LogP contribution in [0.25, 0.3) is 11.3 Å². The SMILES string of the molecule is CC.CC.O=C(Nc1ccc([N+](=O)[O-])cc1Cl)c1cc(Cl)c(-c2cc(CO)co2)cc1O. The predicted molar refractivity (Wildman–Crippen MR) is 125 cm³/mol. The summed E-state index contributed by atoms with van der Waals surface area (Å²) in [6, 6.07) is 7.63. The number of aromatic hydroxyl groups is 1. The van der Waals surface area contributed by atoms with Gasteiger partial charge in [-0.15, -0.1) is 0 Å². The van der Waals surface area contributed by atoms with E-state index in [9.17, 15) is 20.0 Å². The molecular weight excluding hydrogens is 459 g/mol. The zero-order valence-corrected chi connectivity index (χ0v) is 19.5. The third kappa shape index (κ3) is 6.46. The smallest absolute Gasteiger partial charge is 0.271 e. The highest BCUT2D eigenvalue weighted by molar-refractivity contribution is 6.35. The first-order valence-electron chi connectivity index (χ1n) is 9.76. The molecule has 3 aromatic rings. The van der Waals surface area contributed by atoms with Crippen molar-refractivity contribution >= 4 is 40.5 Å². The van der Waals surface area contributed by atoms with Gasteiger partial charge in [-0.1, -0.05) is 50.9 Å². The van der Waals surface area contributed by atoms with Crippen molar-refractivity contribution in [3.05, 3.63) is 73.9 Å². The molecule has 1 amide bonds. The third-order valence-electron chi connectivity index (χ3n) is 3.84. The number of phenolic OH excluding ortho intramolecular Hbond substituents is 1. The summed E-state index contributed by atoms with van der Waals surface area (Å²) >= 11 is 12.2. The molecule has 1 heterocycles. The fourth-order valence-electron chi connectivity index (χ4n) is 2.44. The normalized spacial score (nSPS) is 9.72. The molecule has 2 aromatic carbocycles. The maximum absolute atomic E-state index is 12.5. The Balaban J connectivity index is 0.00000121. The van der Waals surface area contributed by atoms with Crippen LogP contribution in [-0.2, 0) is 6.61 Å². The second-order valence-corrected chi connectivity index (χ2v) is 6.52. The molecule has 0 atom stereocenters. The molecule has 3 rings (SSSR count). The number of nitrogens with zero attached hydrogens (tertiary/aromatic N) is 1. The first-order chi connectivity index (χ1) is 15.3. The lowest BCUT2D eigenvalue weighted by Gasteiger charge is -2.10. The molecule has 0 saturated heterocycles. The summed E-state index contributed by atoms with van der Waals surface area (Å²) in [4.78, 5) is 22.6. The van der Waals surface area contributed by atoms with Crippen molar-refractivity contribution in [2.75, 3.05) is 5.32 Å². The van der Waals surface area contributed by atoms with Gasteiger partial charge in [0, 0.05) is 23.3 Å². The number of rotatable bonds is 5. The van der Waals surface area contributed by atoms with Crippen LogP contribution >= 0.6 is 23.2 Å². The Morgan fingerprint density at radius 3 is 2.28 bits per heavy atom. The minimum Gasteiger partial charge on any atom is -0.507 e. The maximum atomic E-state index is 12.5. The lowest BCUT2D eigenvalue weighted by Crippen LogP contribution is -2.12. The predicted octanol–water partition coefficient (Wildman–Crippen LogP) is 6.66. The van der Waals surface area contributed by atoms with Gasteiger partial charge in [0.1, 0.15) is 11.5 Å². The number of furan rings is 1. The second kappa shape index (κ2) is 12.7. The molecule has 3 N–H and O–H groups in total. The summed E-state index contributed by atoms with van der Waals surface area (Å²) < 4.78 is 5.29. The first kappa shape index (κ1) is 27.0. The number of nitrogens with one attached hydrogen (secondary N) is 1. The molecule has 32 heavy (non-hydrogen) atoms. The van der Waals surface area contributed by atoms with Crippen LogP contribution in [0, 0.1) is 10.1 Å². The summed E-state index contributed by atoms with van der Waals surface area (Å²) in [7, 11) is 0. The number of nitro benzene ring substituents is 1. The van der Waals surface area contributed by atoms with E-state index in [2.05, 4.69) is 5.32 Å². The van der Waals surface area contributed by atoms with Gasteiger partial charge in [-0.3, -0.25) is 14.9 Å². The van der Waals surface area contributed by atoms with Gasteiger partial charge in [0.2, 0.25) is 0 Å². The average Bonchev–Trinajstić information content (AvgIpc) is 3.28. The van der Waals surface area contributed by atoms with Crippen LogP contribution in [0.3, 0.4) is 0 Å². The standard InChI is InChI=1S/C18H12Cl2N2O6.2C2H6/c19-13-5-12(16(24)6-11(13)17-3-9(7-23)8-28-17)18(25)21-15-2-1-10(22(26)27)4-14(15)20;2*1-2/h1-6,8,23-24H,7H2,(H,21,25);2*1-2H3. The number of nitro groups is 1. The highest BCUT2D eigenvalue weighted by atomic mass is 35.5. The van der Waals surface area contributed by atoms with Crippen molar-refractivity contribution in [1.82, 2.24) is 0 Å². The fourth-order valence-corrected chi connectivity index (χ4v) is 2.92. The van der Waals surface area contributed by atoms with E-state index in [0.29, 0.717) is 16.9 Å². The fraction of sp³-hybridized carbons (Fsp3) is 0.227. The van der Waals surface area contributed by atoms with Gasteiger partial charge in [-0.2, -0.15) is 0 Å². The Bertz CT molecular complexity index is 1080. The molecule has 0 unspecified atom stereocenters. The van der Waals surface area contributed by atoms with Crippen LogP contribution in [0.15, 0.2) is 47.1 Å². The summed E-state index contributed by atoms with van der Waals surface area (Å²) in [5.41, 5.74) is 0.649. The van der Waals surface area contributed by atoms with Crippen LogP contribution in [0.2, 0.25) is 10.0 Å². The van der Waals surface area contributed by atoms with E-state index in [1.165, 1.54) is 30.5 Å². The number of halogens is 2. The quantitative estimate of drug-likeness (QED) is 0.275. The molecule has 10 heteroatoms. The van der Waals surface area contributed by atoms with E-state index in [1.807, 2.05) is 27.7 Å². The Morgan fingerprint density at radius 2 is 1.75 bits per heavy atom.